The van der Waals surface area contributed by atoms with Crippen LogP contribution in [0.3, 0.4) is 0 Å². The lowest BCUT2D eigenvalue weighted by molar-refractivity contribution is 0.632. The maximum absolute atomic E-state index is 4.24. The Bertz CT molecular complexity index is 651. The molecule has 0 amide bonds. The molecule has 2 heterocycles. The third-order valence-electron chi connectivity index (χ3n) is 4.46. The summed E-state index contributed by atoms with van der Waals surface area (Å²) in [5.74, 6) is 2.03. The van der Waals surface area contributed by atoms with Gasteiger partial charge in [0.05, 0.1) is 6.04 Å². The predicted octanol–water partition coefficient (Wildman–Crippen LogP) is 3.11. The predicted molar refractivity (Wildman–Crippen MR) is 85.3 cm³/mol. The second-order valence-electron chi connectivity index (χ2n) is 5.82. The summed E-state index contributed by atoms with van der Waals surface area (Å²) in [7, 11) is 0. The van der Waals surface area contributed by atoms with E-state index in [9.17, 15) is 0 Å². The van der Waals surface area contributed by atoms with Gasteiger partial charge in [-0.15, -0.1) is 10.2 Å². The third-order valence-corrected chi connectivity index (χ3v) is 5.48. The lowest BCUT2D eigenvalue weighted by Crippen LogP contribution is -2.29. The average molecular weight is 300 g/mol. The van der Waals surface area contributed by atoms with Gasteiger partial charge in [0.15, 0.2) is 5.82 Å². The van der Waals surface area contributed by atoms with Gasteiger partial charge in [-0.3, -0.25) is 0 Å². The molecule has 0 fully saturated rings. The summed E-state index contributed by atoms with van der Waals surface area (Å²) in [4.78, 5) is 0. The second kappa shape index (κ2) is 5.37. The van der Waals surface area contributed by atoms with Gasteiger partial charge in [0.25, 0.3) is 0 Å². The van der Waals surface area contributed by atoms with E-state index in [0.29, 0.717) is 6.04 Å². The van der Waals surface area contributed by atoms with Gasteiger partial charge in [-0.05, 0) is 42.4 Å². The molecule has 1 atom stereocenters. The molecule has 2 aromatic rings. The first-order valence-corrected chi connectivity index (χ1v) is 8.79. The molecule has 1 aromatic heterocycles. The van der Waals surface area contributed by atoms with Crippen LogP contribution in [0, 0.1) is 0 Å². The van der Waals surface area contributed by atoms with Gasteiger partial charge in [0, 0.05) is 12.2 Å². The molecule has 0 saturated heterocycles. The van der Waals surface area contributed by atoms with E-state index in [1.165, 1.54) is 31.2 Å². The van der Waals surface area contributed by atoms with Crippen molar-refractivity contribution < 1.29 is 0 Å². The smallest absolute Gasteiger partial charge is 0.210 e. The van der Waals surface area contributed by atoms with Crippen molar-refractivity contribution in [1.82, 2.24) is 14.9 Å². The van der Waals surface area contributed by atoms with E-state index >= 15 is 0 Å². The topological polar surface area (TPSA) is 42.7 Å². The molecule has 4 nitrogen and oxygen atoms in total. The van der Waals surface area contributed by atoms with E-state index in [0.717, 1.165) is 23.2 Å². The molecular formula is C16H20N4S. The van der Waals surface area contributed by atoms with Crippen molar-refractivity contribution in [2.24, 2.45) is 0 Å². The Kier molecular flexibility index (Phi) is 3.37. The minimum absolute atomic E-state index is 0.344. The number of benzene rings is 1. The lowest BCUT2D eigenvalue weighted by Gasteiger charge is -2.27. The highest BCUT2D eigenvalue weighted by Crippen LogP contribution is 2.32. The van der Waals surface area contributed by atoms with Crippen LogP contribution >= 0.6 is 11.8 Å². The van der Waals surface area contributed by atoms with Crippen LogP contribution in [0.5, 0.6) is 0 Å². The van der Waals surface area contributed by atoms with Gasteiger partial charge < -0.3 is 5.43 Å². The Balaban J connectivity index is 1.63. The van der Waals surface area contributed by atoms with Crippen LogP contribution in [0.1, 0.15) is 48.3 Å². The monoisotopic (exact) mass is 300 g/mol. The summed E-state index contributed by atoms with van der Waals surface area (Å²) in [6, 6.07) is 7.38. The van der Waals surface area contributed by atoms with Crippen molar-refractivity contribution >= 4 is 11.8 Å². The highest BCUT2D eigenvalue weighted by atomic mass is 32.2. The van der Waals surface area contributed by atoms with E-state index in [4.69, 9.17) is 0 Å². The fourth-order valence-corrected chi connectivity index (χ4v) is 4.21. The zero-order valence-electron chi connectivity index (χ0n) is 12.3. The molecule has 1 aliphatic heterocycles. The first-order chi connectivity index (χ1) is 10.3. The molecular weight excluding hydrogens is 280 g/mol. The Morgan fingerprint density at radius 2 is 2.10 bits per heavy atom. The standard InChI is InChI=1S/C16H20N4S/c1-2-15-17-18-16-20(15)19-14(10-21-16)13-8-7-11-5-3-4-6-12(11)9-13/h7-9,14,19H,2-6,10H2,1H3. The highest BCUT2D eigenvalue weighted by molar-refractivity contribution is 7.99. The van der Waals surface area contributed by atoms with Gasteiger partial charge in [0.2, 0.25) is 5.16 Å². The number of thioether (sulfide) groups is 1. The molecule has 5 heteroatoms. The number of aromatic nitrogens is 3. The summed E-state index contributed by atoms with van der Waals surface area (Å²) >= 11 is 1.79. The van der Waals surface area contributed by atoms with Crippen molar-refractivity contribution in [2.75, 3.05) is 11.2 Å². The van der Waals surface area contributed by atoms with Gasteiger partial charge in [0.1, 0.15) is 0 Å². The Morgan fingerprint density at radius 1 is 1.24 bits per heavy atom. The van der Waals surface area contributed by atoms with Gasteiger partial charge in [-0.25, -0.2) is 4.68 Å². The number of fused-ring (bicyclic) bond motifs is 2. The van der Waals surface area contributed by atoms with Gasteiger partial charge >= 0.3 is 0 Å². The molecule has 1 aliphatic carbocycles. The van der Waals surface area contributed by atoms with Crippen LogP contribution in [0.4, 0.5) is 0 Å². The quantitative estimate of drug-likeness (QED) is 0.925. The Labute approximate surface area is 129 Å². The first-order valence-electron chi connectivity index (χ1n) is 7.80. The summed E-state index contributed by atoms with van der Waals surface area (Å²) in [6.07, 6.45) is 6.06. The van der Waals surface area contributed by atoms with Crippen molar-refractivity contribution in [1.29, 1.82) is 0 Å². The van der Waals surface area contributed by atoms with Crippen molar-refractivity contribution in [3.63, 3.8) is 0 Å². The van der Waals surface area contributed by atoms with Crippen LogP contribution in [0.15, 0.2) is 23.4 Å². The number of hydrogen-bond donors (Lipinski definition) is 1. The molecule has 21 heavy (non-hydrogen) atoms. The van der Waals surface area contributed by atoms with Crippen molar-refractivity contribution in [3.8, 4) is 0 Å². The fraction of sp³-hybridized carbons (Fsp3) is 0.500. The van der Waals surface area contributed by atoms with Crippen LogP contribution in [0.2, 0.25) is 0 Å². The summed E-state index contributed by atoms with van der Waals surface area (Å²) in [5, 5.41) is 9.47. The largest absolute Gasteiger partial charge is 0.314 e. The van der Waals surface area contributed by atoms with E-state index in [2.05, 4.69) is 45.4 Å². The maximum atomic E-state index is 4.24. The number of aryl methyl sites for hydroxylation is 3. The molecule has 1 aromatic carbocycles. The minimum atomic E-state index is 0.344. The maximum Gasteiger partial charge on any atom is 0.210 e. The molecule has 1 N–H and O–H groups in total. The average Bonchev–Trinajstić information content (AvgIpc) is 2.96. The number of nitrogens with zero attached hydrogens (tertiary/aromatic N) is 3. The Morgan fingerprint density at radius 3 is 2.95 bits per heavy atom. The van der Waals surface area contributed by atoms with Crippen LogP contribution < -0.4 is 5.43 Å². The SMILES string of the molecule is CCc1nnc2n1NC(c1ccc3c(c1)CCCC3)CS2. The molecule has 0 spiro atoms. The van der Waals surface area contributed by atoms with E-state index in [1.807, 2.05) is 0 Å². The zero-order valence-corrected chi connectivity index (χ0v) is 13.1. The summed E-state index contributed by atoms with van der Waals surface area (Å²) < 4.78 is 2.07. The summed E-state index contributed by atoms with van der Waals surface area (Å²) in [6.45, 7) is 2.12. The molecule has 0 saturated carbocycles. The molecule has 4 rings (SSSR count). The Hall–Kier alpha value is -1.49. The van der Waals surface area contributed by atoms with Crippen LogP contribution in [-0.4, -0.2) is 20.6 Å². The zero-order chi connectivity index (χ0) is 14.2. The van der Waals surface area contributed by atoms with Crippen molar-refractivity contribution in [3.05, 3.63) is 40.7 Å². The van der Waals surface area contributed by atoms with Gasteiger partial charge in [-0.1, -0.05) is 36.9 Å². The number of rotatable bonds is 2. The molecule has 2 aliphatic rings. The summed E-state index contributed by atoms with van der Waals surface area (Å²) in [5.41, 5.74) is 8.08. The van der Waals surface area contributed by atoms with Crippen LogP contribution in [0.25, 0.3) is 0 Å². The second-order valence-corrected chi connectivity index (χ2v) is 6.80. The lowest BCUT2D eigenvalue weighted by atomic mass is 9.89. The third kappa shape index (κ3) is 2.33. The number of nitrogens with one attached hydrogen (secondary N) is 1. The fourth-order valence-electron chi connectivity index (χ4n) is 3.24. The van der Waals surface area contributed by atoms with Crippen molar-refractivity contribution in [2.45, 2.75) is 50.2 Å². The molecule has 110 valence electrons. The highest BCUT2D eigenvalue weighted by Gasteiger charge is 2.24. The van der Waals surface area contributed by atoms with E-state index in [-0.39, 0.29) is 0 Å². The van der Waals surface area contributed by atoms with Crippen LogP contribution in [-0.2, 0) is 19.3 Å². The number of hydrogen-bond acceptors (Lipinski definition) is 4. The van der Waals surface area contributed by atoms with E-state index < -0.39 is 0 Å². The first kappa shape index (κ1) is 13.2. The van der Waals surface area contributed by atoms with E-state index in [1.54, 1.807) is 22.9 Å². The molecule has 0 radical (unpaired) electrons. The van der Waals surface area contributed by atoms with Gasteiger partial charge in [-0.2, -0.15) is 0 Å². The molecule has 1 unspecified atom stereocenters. The molecule has 0 bridgehead atoms. The normalized spacial score (nSPS) is 20.5. The minimum Gasteiger partial charge on any atom is -0.314 e.